The Hall–Kier alpha value is -0.580. The van der Waals surface area contributed by atoms with Crippen molar-refractivity contribution in [1.29, 1.82) is 0 Å². The van der Waals surface area contributed by atoms with Crippen molar-refractivity contribution >= 4 is 41.5 Å². The molecule has 0 aromatic heterocycles. The zero-order chi connectivity index (χ0) is 8.69. The molecule has 0 aliphatic rings. The molecule has 0 heterocycles. The van der Waals surface area contributed by atoms with Crippen LogP contribution in [-0.2, 0) is 19.1 Å². The van der Waals surface area contributed by atoms with Crippen molar-refractivity contribution in [2.24, 2.45) is 0 Å². The molecule has 0 spiro atoms. The first-order valence-corrected chi connectivity index (χ1v) is 2.78. The fourth-order valence-electron chi connectivity index (χ4n) is 0.326. The Kier molecular flexibility index (Phi) is 9.92. The second kappa shape index (κ2) is 8.52. The molecular weight excluding hydrogens is 171 g/mol. The third kappa shape index (κ3) is 7.53. The molecule has 5 heteroatoms. The van der Waals surface area contributed by atoms with Gasteiger partial charge < -0.3 is 9.47 Å². The van der Waals surface area contributed by atoms with Crippen molar-refractivity contribution in [3.05, 3.63) is 25.0 Å². The van der Waals surface area contributed by atoms with Crippen molar-refractivity contribution in [2.45, 2.75) is 0 Å². The van der Waals surface area contributed by atoms with E-state index in [2.05, 4.69) is 16.1 Å². The first kappa shape index (κ1) is 14.0. The SMILES string of the molecule is C=COC(=O)/C=C\C(=O)OC.[NaH]. The molecule has 0 bridgehead atoms. The van der Waals surface area contributed by atoms with Crippen LogP contribution in [0.25, 0.3) is 0 Å². The maximum absolute atomic E-state index is 10.5. The molecule has 0 aliphatic carbocycles. The molecule has 0 unspecified atom stereocenters. The molecule has 4 nitrogen and oxygen atoms in total. The fourth-order valence-corrected chi connectivity index (χ4v) is 0.326. The Morgan fingerprint density at radius 3 is 2.17 bits per heavy atom. The van der Waals surface area contributed by atoms with Crippen LogP contribution in [0.15, 0.2) is 25.0 Å². The van der Waals surface area contributed by atoms with Crippen LogP contribution in [0.4, 0.5) is 0 Å². The summed E-state index contributed by atoms with van der Waals surface area (Å²) in [5.41, 5.74) is 0. The second-order valence-corrected chi connectivity index (χ2v) is 1.46. The van der Waals surface area contributed by atoms with Gasteiger partial charge in [0.05, 0.1) is 13.4 Å². The van der Waals surface area contributed by atoms with E-state index in [1.54, 1.807) is 0 Å². The van der Waals surface area contributed by atoms with Gasteiger partial charge in [-0.25, -0.2) is 9.59 Å². The minimum absolute atomic E-state index is 0. The summed E-state index contributed by atoms with van der Waals surface area (Å²) in [6, 6.07) is 0. The van der Waals surface area contributed by atoms with Gasteiger partial charge in [0.15, 0.2) is 0 Å². The average Bonchev–Trinajstić information content (AvgIpc) is 2.01. The Balaban J connectivity index is 0. The van der Waals surface area contributed by atoms with Crippen LogP contribution < -0.4 is 0 Å². The Bertz CT molecular complexity index is 198. The minimum atomic E-state index is -0.662. The number of rotatable bonds is 3. The Labute approximate surface area is 92.5 Å². The first-order valence-electron chi connectivity index (χ1n) is 2.78. The summed E-state index contributed by atoms with van der Waals surface area (Å²) < 4.78 is 8.49. The zero-order valence-corrected chi connectivity index (χ0v) is 6.07. The molecule has 0 N–H and O–H groups in total. The molecule has 0 fully saturated rings. The molecule has 0 aromatic rings. The van der Waals surface area contributed by atoms with Crippen LogP contribution in [0.1, 0.15) is 0 Å². The van der Waals surface area contributed by atoms with Crippen LogP contribution in [0.2, 0.25) is 0 Å². The third-order valence-corrected chi connectivity index (χ3v) is 0.756. The molecule has 0 radical (unpaired) electrons. The summed E-state index contributed by atoms with van der Waals surface area (Å²) in [5.74, 6) is -1.27. The number of methoxy groups -OCH3 is 1. The van der Waals surface area contributed by atoms with Crippen molar-refractivity contribution in [2.75, 3.05) is 7.11 Å². The molecular formula is C7H9NaO4. The van der Waals surface area contributed by atoms with Crippen LogP contribution in [0.3, 0.4) is 0 Å². The van der Waals surface area contributed by atoms with Gasteiger partial charge in [-0.15, -0.1) is 0 Å². The fraction of sp³-hybridized carbons (Fsp3) is 0.143. The van der Waals surface area contributed by atoms with E-state index in [0.29, 0.717) is 0 Å². The average molecular weight is 180 g/mol. The summed E-state index contributed by atoms with van der Waals surface area (Å²) in [5, 5.41) is 0. The van der Waals surface area contributed by atoms with Gasteiger partial charge in [-0.05, 0) is 0 Å². The number of carbonyl (C=O) groups is 2. The second-order valence-electron chi connectivity index (χ2n) is 1.46. The molecule has 0 aromatic carbocycles. The van der Waals surface area contributed by atoms with E-state index in [-0.39, 0.29) is 29.6 Å². The predicted octanol–water partition coefficient (Wildman–Crippen LogP) is -0.246. The zero-order valence-electron chi connectivity index (χ0n) is 6.07. The van der Waals surface area contributed by atoms with Crippen LogP contribution in [-0.4, -0.2) is 48.6 Å². The maximum atomic E-state index is 10.5. The third-order valence-electron chi connectivity index (χ3n) is 0.756. The van der Waals surface area contributed by atoms with Crippen molar-refractivity contribution in [3.63, 3.8) is 0 Å². The van der Waals surface area contributed by atoms with E-state index in [4.69, 9.17) is 0 Å². The van der Waals surface area contributed by atoms with Crippen molar-refractivity contribution in [1.82, 2.24) is 0 Å². The molecule has 62 valence electrons. The number of ether oxygens (including phenoxy) is 2. The number of carbonyl (C=O) groups excluding carboxylic acids is 2. The van der Waals surface area contributed by atoms with Crippen LogP contribution >= 0.6 is 0 Å². The summed E-state index contributed by atoms with van der Waals surface area (Å²) in [7, 11) is 1.21. The van der Waals surface area contributed by atoms with Gasteiger partial charge in [-0.1, -0.05) is 6.58 Å². The van der Waals surface area contributed by atoms with Crippen LogP contribution in [0, 0.1) is 0 Å². The van der Waals surface area contributed by atoms with Gasteiger partial charge in [0.2, 0.25) is 0 Å². The van der Waals surface area contributed by atoms with Gasteiger partial charge in [-0.2, -0.15) is 0 Å². The standard InChI is InChI=1S/C7H8O4.Na.H/c1-3-11-7(9)5-4-6(8)10-2;;/h3-5H,1H2,2H3;;/b5-4-;;. The normalized spacial score (nSPS) is 8.42. The quantitative estimate of drug-likeness (QED) is 0.260. The van der Waals surface area contributed by atoms with Gasteiger partial charge >= 0.3 is 41.5 Å². The molecule has 0 aliphatic heterocycles. The van der Waals surface area contributed by atoms with Crippen molar-refractivity contribution in [3.8, 4) is 0 Å². The van der Waals surface area contributed by atoms with E-state index < -0.39 is 11.9 Å². The van der Waals surface area contributed by atoms with Gasteiger partial charge in [-0.3, -0.25) is 0 Å². The van der Waals surface area contributed by atoms with E-state index in [0.717, 1.165) is 18.4 Å². The van der Waals surface area contributed by atoms with E-state index in [1.165, 1.54) is 7.11 Å². The van der Waals surface area contributed by atoms with E-state index >= 15 is 0 Å². The molecule has 0 amide bonds. The molecule has 0 saturated heterocycles. The monoisotopic (exact) mass is 180 g/mol. The predicted molar refractivity (Wildman–Crippen MR) is 44.6 cm³/mol. The van der Waals surface area contributed by atoms with Gasteiger partial charge in [0.25, 0.3) is 0 Å². The van der Waals surface area contributed by atoms with Crippen molar-refractivity contribution < 1.29 is 19.1 Å². The topological polar surface area (TPSA) is 52.6 Å². The Morgan fingerprint density at radius 2 is 1.75 bits per heavy atom. The molecule has 0 atom stereocenters. The van der Waals surface area contributed by atoms with Crippen LogP contribution in [0.5, 0.6) is 0 Å². The van der Waals surface area contributed by atoms with Gasteiger partial charge in [0, 0.05) is 12.2 Å². The molecule has 0 rings (SSSR count). The summed E-state index contributed by atoms with van der Waals surface area (Å²) in [6.45, 7) is 3.15. The summed E-state index contributed by atoms with van der Waals surface area (Å²) in [6.07, 6.45) is 2.89. The summed E-state index contributed by atoms with van der Waals surface area (Å²) in [4.78, 5) is 20.9. The first-order chi connectivity index (χ1) is 5.20. The summed E-state index contributed by atoms with van der Waals surface area (Å²) >= 11 is 0. The van der Waals surface area contributed by atoms with E-state index in [9.17, 15) is 9.59 Å². The number of hydrogen-bond donors (Lipinski definition) is 0. The Morgan fingerprint density at radius 1 is 1.25 bits per heavy atom. The molecule has 12 heavy (non-hydrogen) atoms. The van der Waals surface area contributed by atoms with Gasteiger partial charge in [0.1, 0.15) is 0 Å². The van der Waals surface area contributed by atoms with E-state index in [1.807, 2.05) is 0 Å². The molecule has 0 saturated carbocycles. The number of hydrogen-bond acceptors (Lipinski definition) is 4. The number of esters is 2.